The van der Waals surface area contributed by atoms with Crippen LogP contribution in [0.1, 0.15) is 18.5 Å². The number of ether oxygens (including phenoxy) is 2. The highest BCUT2D eigenvalue weighted by Gasteiger charge is 2.67. The van der Waals surface area contributed by atoms with Gasteiger partial charge in [0.2, 0.25) is 0 Å². The van der Waals surface area contributed by atoms with E-state index in [1.807, 2.05) is 0 Å². The summed E-state index contributed by atoms with van der Waals surface area (Å²) < 4.78 is 50.0. The number of esters is 1. The first-order chi connectivity index (χ1) is 11.6. The molecule has 7 nitrogen and oxygen atoms in total. The molecule has 25 heavy (non-hydrogen) atoms. The van der Waals surface area contributed by atoms with Gasteiger partial charge < -0.3 is 25.2 Å². The van der Waals surface area contributed by atoms with E-state index in [0.717, 1.165) is 0 Å². The quantitative estimate of drug-likeness (QED) is 0.705. The Morgan fingerprint density at radius 2 is 1.92 bits per heavy atom. The lowest BCUT2D eigenvalue weighted by Crippen LogP contribution is -2.73. The molecule has 1 aliphatic rings. The van der Waals surface area contributed by atoms with Gasteiger partial charge in [0, 0.05) is 0 Å². The second-order valence-electron chi connectivity index (χ2n) is 5.34. The second kappa shape index (κ2) is 6.79. The summed E-state index contributed by atoms with van der Waals surface area (Å²) >= 11 is 0. The van der Waals surface area contributed by atoms with Crippen molar-refractivity contribution in [3.05, 3.63) is 29.8 Å². The van der Waals surface area contributed by atoms with E-state index in [2.05, 4.69) is 10.1 Å². The van der Waals surface area contributed by atoms with Crippen molar-refractivity contribution in [2.45, 2.75) is 24.9 Å². The van der Waals surface area contributed by atoms with Gasteiger partial charge in [0.15, 0.2) is 0 Å². The molecule has 3 N–H and O–H groups in total. The molecule has 1 saturated heterocycles. The van der Waals surface area contributed by atoms with Gasteiger partial charge in [0.05, 0.1) is 19.8 Å². The summed E-state index contributed by atoms with van der Waals surface area (Å²) in [6.45, 7) is 1.23. The molecule has 2 amide bonds. The maximum Gasteiger partial charge on any atom is 0.437 e. The van der Waals surface area contributed by atoms with Crippen LogP contribution in [0.2, 0.25) is 0 Å². The van der Waals surface area contributed by atoms with Gasteiger partial charge in [0.1, 0.15) is 11.7 Å². The van der Waals surface area contributed by atoms with Crippen LogP contribution in [0.3, 0.4) is 0 Å². The van der Waals surface area contributed by atoms with Crippen LogP contribution in [0.5, 0.6) is 5.75 Å². The van der Waals surface area contributed by atoms with E-state index in [9.17, 15) is 27.9 Å². The van der Waals surface area contributed by atoms with Crippen molar-refractivity contribution in [1.29, 1.82) is 0 Å². The molecule has 2 rings (SSSR count). The van der Waals surface area contributed by atoms with Gasteiger partial charge in [-0.1, -0.05) is 12.1 Å². The topological polar surface area (TPSA) is 96.9 Å². The van der Waals surface area contributed by atoms with Crippen molar-refractivity contribution >= 4 is 12.0 Å². The Kier molecular flexibility index (Phi) is 5.12. The Hall–Kier alpha value is -2.49. The van der Waals surface area contributed by atoms with Crippen molar-refractivity contribution in [3.8, 4) is 5.75 Å². The highest BCUT2D eigenvalue weighted by molar-refractivity contribution is 5.83. The van der Waals surface area contributed by atoms with Crippen LogP contribution in [0, 0.1) is 5.92 Å². The Morgan fingerprint density at radius 1 is 1.32 bits per heavy atom. The number of nitrogens with one attached hydrogen (secondary N) is 2. The van der Waals surface area contributed by atoms with Crippen LogP contribution >= 0.6 is 0 Å². The Balaban J connectivity index is 2.53. The molecule has 0 saturated carbocycles. The smallest absolute Gasteiger partial charge is 0.437 e. The molecule has 1 aromatic carbocycles. The second-order valence-corrected chi connectivity index (χ2v) is 5.34. The third-order valence-electron chi connectivity index (χ3n) is 3.82. The number of hydrogen-bond donors (Lipinski definition) is 3. The first kappa shape index (κ1) is 18.8. The third kappa shape index (κ3) is 3.48. The van der Waals surface area contributed by atoms with Crippen LogP contribution < -0.4 is 15.4 Å². The lowest BCUT2D eigenvalue weighted by molar-refractivity contribution is -0.294. The van der Waals surface area contributed by atoms with Crippen molar-refractivity contribution in [3.63, 3.8) is 0 Å². The zero-order chi connectivity index (χ0) is 18.8. The van der Waals surface area contributed by atoms with Crippen LogP contribution in [0.25, 0.3) is 0 Å². The average Bonchev–Trinajstić information content (AvgIpc) is 2.53. The van der Waals surface area contributed by atoms with E-state index >= 15 is 0 Å². The minimum atomic E-state index is -5.30. The molecular weight excluding hydrogens is 345 g/mol. The summed E-state index contributed by atoms with van der Waals surface area (Å²) in [6.07, 6.45) is -5.30. The number of benzene rings is 1. The Morgan fingerprint density at radius 3 is 2.40 bits per heavy atom. The fraction of sp³-hybridized carbons (Fsp3) is 0.467. The van der Waals surface area contributed by atoms with Crippen molar-refractivity contribution in [1.82, 2.24) is 10.6 Å². The van der Waals surface area contributed by atoms with Crippen LogP contribution in [-0.2, 0) is 9.53 Å². The number of urea groups is 1. The summed E-state index contributed by atoms with van der Waals surface area (Å²) in [6, 6.07) is 2.97. The number of rotatable bonds is 4. The molecule has 138 valence electrons. The summed E-state index contributed by atoms with van der Waals surface area (Å²) in [5, 5.41) is 13.8. The summed E-state index contributed by atoms with van der Waals surface area (Å²) in [5.41, 5.74) is -3.59. The van der Waals surface area contributed by atoms with Gasteiger partial charge in [0.25, 0.3) is 5.72 Å². The van der Waals surface area contributed by atoms with E-state index in [1.165, 1.54) is 43.6 Å². The lowest BCUT2D eigenvalue weighted by Gasteiger charge is -2.44. The van der Waals surface area contributed by atoms with Gasteiger partial charge in [-0.3, -0.25) is 4.79 Å². The van der Waals surface area contributed by atoms with Crippen LogP contribution in [0.15, 0.2) is 24.3 Å². The standard InChI is InChI=1S/C15H17F3N2O5/c1-3-25-12(21)10-11(8-4-6-9(24-2)7-5-8)19-13(22)20-14(10,23)15(16,17)18/h4-7,10-11,23H,3H2,1-2H3,(H2,19,20,22)/t10-,11-,14+/m0/s1. The predicted molar refractivity (Wildman–Crippen MR) is 78.5 cm³/mol. The Bertz CT molecular complexity index is 650. The number of halogens is 3. The van der Waals surface area contributed by atoms with E-state index in [-0.39, 0.29) is 12.2 Å². The predicted octanol–water partition coefficient (Wildman–Crippen LogP) is 1.48. The van der Waals surface area contributed by atoms with Crippen molar-refractivity contribution in [2.75, 3.05) is 13.7 Å². The minimum Gasteiger partial charge on any atom is -0.497 e. The van der Waals surface area contributed by atoms with Gasteiger partial charge in [-0.2, -0.15) is 13.2 Å². The molecule has 1 heterocycles. The molecule has 3 atom stereocenters. The molecule has 0 aromatic heterocycles. The van der Waals surface area contributed by atoms with E-state index < -0.39 is 35.9 Å². The van der Waals surface area contributed by atoms with E-state index in [0.29, 0.717) is 5.75 Å². The number of hydrogen-bond acceptors (Lipinski definition) is 5. The maximum atomic E-state index is 13.4. The van der Waals surface area contributed by atoms with Crippen LogP contribution in [0.4, 0.5) is 18.0 Å². The normalized spacial score (nSPS) is 26.4. The number of methoxy groups -OCH3 is 1. The molecule has 1 aromatic rings. The van der Waals surface area contributed by atoms with Gasteiger partial charge in [-0.05, 0) is 24.6 Å². The number of amides is 2. The fourth-order valence-corrected chi connectivity index (χ4v) is 2.63. The molecule has 10 heteroatoms. The molecule has 1 fully saturated rings. The van der Waals surface area contributed by atoms with E-state index in [1.54, 1.807) is 0 Å². The van der Waals surface area contributed by atoms with E-state index in [4.69, 9.17) is 4.74 Å². The molecule has 0 aliphatic carbocycles. The fourth-order valence-electron chi connectivity index (χ4n) is 2.63. The van der Waals surface area contributed by atoms with Crippen LogP contribution in [-0.4, -0.2) is 42.7 Å². The number of carbonyl (C=O) groups excluding carboxylic acids is 2. The number of carbonyl (C=O) groups is 2. The summed E-state index contributed by atoms with van der Waals surface area (Å²) in [4.78, 5) is 23.9. The molecule has 0 bridgehead atoms. The zero-order valence-corrected chi connectivity index (χ0v) is 13.4. The zero-order valence-electron chi connectivity index (χ0n) is 13.4. The summed E-state index contributed by atoms with van der Waals surface area (Å²) in [5.74, 6) is -3.00. The number of alkyl halides is 3. The van der Waals surface area contributed by atoms with Gasteiger partial charge >= 0.3 is 18.2 Å². The maximum absolute atomic E-state index is 13.4. The highest BCUT2D eigenvalue weighted by Crippen LogP contribution is 2.43. The average molecular weight is 362 g/mol. The van der Waals surface area contributed by atoms with Crippen molar-refractivity contribution < 1.29 is 37.3 Å². The molecule has 1 aliphatic heterocycles. The first-order valence-electron chi connectivity index (χ1n) is 7.32. The Labute approximate surface area is 141 Å². The highest BCUT2D eigenvalue weighted by atomic mass is 19.4. The lowest BCUT2D eigenvalue weighted by atomic mass is 9.82. The summed E-state index contributed by atoms with van der Waals surface area (Å²) in [7, 11) is 1.41. The first-order valence-corrected chi connectivity index (χ1v) is 7.32. The van der Waals surface area contributed by atoms with Gasteiger partial charge in [-0.25, -0.2) is 4.79 Å². The molecular formula is C15H17F3N2O5. The van der Waals surface area contributed by atoms with Gasteiger partial charge in [-0.15, -0.1) is 0 Å². The largest absolute Gasteiger partial charge is 0.497 e. The monoisotopic (exact) mass is 362 g/mol. The van der Waals surface area contributed by atoms with Crippen molar-refractivity contribution in [2.24, 2.45) is 5.92 Å². The molecule has 0 radical (unpaired) electrons. The molecule has 0 unspecified atom stereocenters. The number of aliphatic hydroxyl groups is 1. The SMILES string of the molecule is CCOC(=O)[C@@H]1[C@H](c2ccc(OC)cc2)NC(=O)N[C@]1(O)C(F)(F)F. The third-order valence-corrected chi connectivity index (χ3v) is 3.82. The minimum absolute atomic E-state index is 0.177. The molecule has 0 spiro atoms.